The summed E-state index contributed by atoms with van der Waals surface area (Å²) in [5, 5.41) is 2.39. The lowest BCUT2D eigenvalue weighted by Crippen LogP contribution is -2.28. The molecule has 3 N–H and O–H groups in total. The summed E-state index contributed by atoms with van der Waals surface area (Å²) in [6.45, 7) is 2.16. The van der Waals surface area contributed by atoms with Crippen molar-refractivity contribution in [3.05, 3.63) is 42.2 Å². The molecule has 3 nitrogen and oxygen atoms in total. The first-order chi connectivity index (χ1) is 7.86. The zero-order valence-electron chi connectivity index (χ0n) is 9.48. The third kappa shape index (κ3) is 2.05. The van der Waals surface area contributed by atoms with Gasteiger partial charge >= 0.3 is 0 Å². The second-order valence-corrected chi connectivity index (χ2v) is 3.95. The number of hydrogen-bond acceptors (Lipinski definition) is 3. The molecule has 0 aliphatic carbocycles. The first-order valence-electron chi connectivity index (χ1n) is 5.65. The maximum atomic E-state index is 5.61. The molecule has 1 atom stereocenters. The molecule has 0 aliphatic rings. The molecule has 0 spiro atoms. The first-order valence-corrected chi connectivity index (χ1v) is 5.65. The van der Waals surface area contributed by atoms with Crippen molar-refractivity contribution in [2.75, 3.05) is 0 Å². The third-order valence-corrected chi connectivity index (χ3v) is 2.87. The van der Waals surface area contributed by atoms with Gasteiger partial charge in [-0.05, 0) is 23.4 Å². The van der Waals surface area contributed by atoms with Crippen LogP contribution in [0.3, 0.4) is 0 Å². The van der Waals surface area contributed by atoms with Crippen LogP contribution in [0.4, 0.5) is 0 Å². The van der Waals surface area contributed by atoms with E-state index >= 15 is 0 Å². The Morgan fingerprint density at radius 1 is 1.38 bits per heavy atom. The number of pyridine rings is 1. The number of aromatic nitrogens is 1. The van der Waals surface area contributed by atoms with E-state index < -0.39 is 0 Å². The van der Waals surface area contributed by atoms with Crippen molar-refractivity contribution in [2.24, 2.45) is 5.84 Å². The molecule has 0 aliphatic heterocycles. The SMILES string of the molecule is CCCC(NN)c1cccc2ccncc12. The number of nitrogens with two attached hydrogens (primary N) is 1. The molecule has 0 bridgehead atoms. The lowest BCUT2D eigenvalue weighted by atomic mass is 9.98. The highest BCUT2D eigenvalue weighted by Crippen LogP contribution is 2.25. The van der Waals surface area contributed by atoms with Crippen LogP contribution in [0.25, 0.3) is 10.8 Å². The summed E-state index contributed by atoms with van der Waals surface area (Å²) in [6, 6.07) is 8.51. The van der Waals surface area contributed by atoms with Gasteiger partial charge in [0.1, 0.15) is 0 Å². The first kappa shape index (κ1) is 11.0. The average Bonchev–Trinajstić information content (AvgIpc) is 2.35. The zero-order chi connectivity index (χ0) is 11.4. The summed E-state index contributed by atoms with van der Waals surface area (Å²) in [7, 11) is 0. The van der Waals surface area contributed by atoms with E-state index in [1.807, 2.05) is 18.5 Å². The molecule has 2 aromatic rings. The van der Waals surface area contributed by atoms with Crippen LogP contribution < -0.4 is 11.3 Å². The number of fused-ring (bicyclic) bond motifs is 1. The summed E-state index contributed by atoms with van der Waals surface area (Å²) < 4.78 is 0. The number of hydrazine groups is 1. The summed E-state index contributed by atoms with van der Waals surface area (Å²) in [5.74, 6) is 5.61. The number of rotatable bonds is 4. The second-order valence-electron chi connectivity index (χ2n) is 3.95. The Balaban J connectivity index is 2.50. The van der Waals surface area contributed by atoms with Gasteiger partial charge in [-0.1, -0.05) is 31.5 Å². The summed E-state index contributed by atoms with van der Waals surface area (Å²) in [5.41, 5.74) is 4.12. The third-order valence-electron chi connectivity index (χ3n) is 2.87. The standard InChI is InChI=1S/C13H17N3/c1-2-4-13(16-14)11-6-3-5-10-7-8-15-9-12(10)11/h3,5-9,13,16H,2,4,14H2,1H3. The maximum absolute atomic E-state index is 5.61. The highest BCUT2D eigenvalue weighted by Gasteiger charge is 2.11. The molecule has 3 heteroatoms. The van der Waals surface area contributed by atoms with E-state index in [2.05, 4.69) is 35.5 Å². The Kier molecular flexibility index (Phi) is 3.49. The van der Waals surface area contributed by atoms with Gasteiger partial charge in [-0.15, -0.1) is 0 Å². The van der Waals surface area contributed by atoms with E-state index in [9.17, 15) is 0 Å². The fourth-order valence-electron chi connectivity index (χ4n) is 2.06. The number of nitrogens with zero attached hydrogens (tertiary/aromatic N) is 1. The van der Waals surface area contributed by atoms with Crippen molar-refractivity contribution in [2.45, 2.75) is 25.8 Å². The Bertz CT molecular complexity index is 462. The Hall–Kier alpha value is -1.45. The van der Waals surface area contributed by atoms with Crippen LogP contribution >= 0.6 is 0 Å². The molecule has 0 fully saturated rings. The molecule has 84 valence electrons. The molecule has 2 rings (SSSR count). The molecule has 1 aromatic heterocycles. The smallest absolute Gasteiger partial charge is 0.0466 e. The molecule has 1 aromatic carbocycles. The monoisotopic (exact) mass is 215 g/mol. The summed E-state index contributed by atoms with van der Waals surface area (Å²) in [4.78, 5) is 4.18. The van der Waals surface area contributed by atoms with Gasteiger partial charge in [-0.2, -0.15) is 0 Å². The molecule has 1 unspecified atom stereocenters. The quantitative estimate of drug-likeness (QED) is 0.608. The van der Waals surface area contributed by atoms with Gasteiger partial charge in [0.05, 0.1) is 0 Å². The average molecular weight is 215 g/mol. The summed E-state index contributed by atoms with van der Waals surface area (Å²) in [6.07, 6.45) is 5.86. The van der Waals surface area contributed by atoms with Crippen LogP contribution in [0.5, 0.6) is 0 Å². The van der Waals surface area contributed by atoms with Crippen molar-refractivity contribution in [3.63, 3.8) is 0 Å². The second kappa shape index (κ2) is 5.05. The zero-order valence-corrected chi connectivity index (χ0v) is 9.48. The predicted octanol–water partition coefficient (Wildman–Crippen LogP) is 2.54. The molecule has 1 heterocycles. The van der Waals surface area contributed by atoms with Crippen LogP contribution in [0.15, 0.2) is 36.7 Å². The molecular formula is C13H17N3. The molecule has 0 radical (unpaired) electrons. The van der Waals surface area contributed by atoms with E-state index in [1.54, 1.807) is 0 Å². The Morgan fingerprint density at radius 2 is 2.25 bits per heavy atom. The maximum Gasteiger partial charge on any atom is 0.0466 e. The predicted molar refractivity (Wildman–Crippen MR) is 66.7 cm³/mol. The van der Waals surface area contributed by atoms with Gasteiger partial charge in [0.25, 0.3) is 0 Å². The van der Waals surface area contributed by atoms with Gasteiger partial charge in [-0.25, -0.2) is 0 Å². The normalized spacial score (nSPS) is 12.9. The summed E-state index contributed by atoms with van der Waals surface area (Å²) >= 11 is 0. The topological polar surface area (TPSA) is 50.9 Å². The Morgan fingerprint density at radius 3 is 3.00 bits per heavy atom. The van der Waals surface area contributed by atoms with Gasteiger partial charge < -0.3 is 0 Å². The lowest BCUT2D eigenvalue weighted by molar-refractivity contribution is 0.513. The largest absolute Gasteiger partial charge is 0.271 e. The number of hydrogen-bond donors (Lipinski definition) is 2. The Labute approximate surface area is 95.7 Å². The highest BCUT2D eigenvalue weighted by atomic mass is 15.2. The van der Waals surface area contributed by atoms with Crippen LogP contribution in [-0.4, -0.2) is 4.98 Å². The van der Waals surface area contributed by atoms with Gasteiger partial charge in [-0.3, -0.25) is 16.3 Å². The van der Waals surface area contributed by atoms with Gasteiger partial charge in [0.15, 0.2) is 0 Å². The van der Waals surface area contributed by atoms with E-state index in [0.29, 0.717) is 0 Å². The number of nitrogens with one attached hydrogen (secondary N) is 1. The van der Waals surface area contributed by atoms with Crippen molar-refractivity contribution in [3.8, 4) is 0 Å². The highest BCUT2D eigenvalue weighted by molar-refractivity contribution is 5.85. The van der Waals surface area contributed by atoms with Crippen molar-refractivity contribution < 1.29 is 0 Å². The minimum atomic E-state index is 0.206. The lowest BCUT2D eigenvalue weighted by Gasteiger charge is -2.17. The van der Waals surface area contributed by atoms with Crippen LogP contribution in [0, 0.1) is 0 Å². The van der Waals surface area contributed by atoms with Crippen molar-refractivity contribution in [1.29, 1.82) is 0 Å². The van der Waals surface area contributed by atoms with Gasteiger partial charge in [0.2, 0.25) is 0 Å². The van der Waals surface area contributed by atoms with E-state index in [-0.39, 0.29) is 6.04 Å². The van der Waals surface area contributed by atoms with Crippen LogP contribution in [-0.2, 0) is 0 Å². The van der Waals surface area contributed by atoms with Crippen LogP contribution in [0.2, 0.25) is 0 Å². The minimum absolute atomic E-state index is 0.206. The van der Waals surface area contributed by atoms with E-state index in [0.717, 1.165) is 12.8 Å². The van der Waals surface area contributed by atoms with Crippen LogP contribution in [0.1, 0.15) is 31.4 Å². The van der Waals surface area contributed by atoms with E-state index in [4.69, 9.17) is 5.84 Å². The molecular weight excluding hydrogens is 198 g/mol. The van der Waals surface area contributed by atoms with E-state index in [1.165, 1.54) is 16.3 Å². The molecule has 0 amide bonds. The van der Waals surface area contributed by atoms with Gasteiger partial charge in [0, 0.05) is 23.8 Å². The molecule has 16 heavy (non-hydrogen) atoms. The minimum Gasteiger partial charge on any atom is -0.271 e. The molecule has 0 saturated heterocycles. The van der Waals surface area contributed by atoms with Crippen molar-refractivity contribution in [1.82, 2.24) is 10.4 Å². The fourth-order valence-corrected chi connectivity index (χ4v) is 2.06. The fraction of sp³-hybridized carbons (Fsp3) is 0.308. The molecule has 0 saturated carbocycles. The van der Waals surface area contributed by atoms with Crippen molar-refractivity contribution >= 4 is 10.8 Å². The number of benzene rings is 1.